The molecule has 1 N–H and O–H groups in total. The molecule has 0 aliphatic carbocycles. The van der Waals surface area contributed by atoms with Gasteiger partial charge in [-0.15, -0.1) is 0 Å². The largest absolute Gasteiger partial charge is 0.325 e. The molecule has 0 fully saturated rings. The summed E-state index contributed by atoms with van der Waals surface area (Å²) >= 11 is 7.32. The topological polar surface area (TPSA) is 29.1 Å². The zero-order valence-electron chi connectivity index (χ0n) is 8.10. The lowest BCUT2D eigenvalue weighted by molar-refractivity contribution is -0.113. The molecule has 0 saturated carbocycles. The van der Waals surface area contributed by atoms with Crippen molar-refractivity contribution in [1.29, 1.82) is 0 Å². The van der Waals surface area contributed by atoms with Crippen LogP contribution in [0.2, 0.25) is 0 Å². The summed E-state index contributed by atoms with van der Waals surface area (Å²) in [6.45, 7) is 3.93. The monoisotopic (exact) mass is 273 g/mol. The van der Waals surface area contributed by atoms with Gasteiger partial charge in [0.05, 0.1) is 5.75 Å². The van der Waals surface area contributed by atoms with E-state index in [0.717, 1.165) is 21.3 Å². The van der Waals surface area contributed by atoms with Gasteiger partial charge in [0.15, 0.2) is 0 Å². The minimum absolute atomic E-state index is 0.0816. The summed E-state index contributed by atoms with van der Waals surface area (Å²) in [5.41, 5.74) is 2.98. The average molecular weight is 274 g/mol. The Morgan fingerprint density at radius 1 is 1.43 bits per heavy atom. The first-order chi connectivity index (χ1) is 6.54. The average Bonchev–Trinajstić information content (AvgIpc) is 2.10. The highest BCUT2D eigenvalue weighted by Gasteiger charge is 2.06. The highest BCUT2D eigenvalue weighted by molar-refractivity contribution is 9.10. The first kappa shape index (κ1) is 11.6. The van der Waals surface area contributed by atoms with Crippen molar-refractivity contribution in [3.8, 4) is 0 Å². The summed E-state index contributed by atoms with van der Waals surface area (Å²) in [6, 6.07) is 3.95. The molecule has 1 aromatic carbocycles. The van der Waals surface area contributed by atoms with Gasteiger partial charge in [-0.2, -0.15) is 12.6 Å². The molecule has 0 heterocycles. The van der Waals surface area contributed by atoms with Crippen molar-refractivity contribution in [2.45, 2.75) is 13.8 Å². The molecule has 0 spiro atoms. The highest BCUT2D eigenvalue weighted by Crippen LogP contribution is 2.24. The first-order valence-electron chi connectivity index (χ1n) is 4.22. The van der Waals surface area contributed by atoms with E-state index in [1.165, 1.54) is 0 Å². The number of anilines is 1. The van der Waals surface area contributed by atoms with Crippen LogP contribution in [-0.2, 0) is 4.79 Å². The van der Waals surface area contributed by atoms with Crippen molar-refractivity contribution in [3.63, 3.8) is 0 Å². The number of hydrogen-bond acceptors (Lipinski definition) is 2. The zero-order valence-corrected chi connectivity index (χ0v) is 10.6. The minimum atomic E-state index is -0.0816. The van der Waals surface area contributed by atoms with E-state index in [4.69, 9.17) is 0 Å². The third-order valence-electron chi connectivity index (χ3n) is 1.91. The van der Waals surface area contributed by atoms with Crippen molar-refractivity contribution in [2.24, 2.45) is 0 Å². The maximum atomic E-state index is 11.2. The maximum absolute atomic E-state index is 11.2. The number of halogens is 1. The zero-order chi connectivity index (χ0) is 10.7. The molecule has 0 bridgehead atoms. The van der Waals surface area contributed by atoms with Gasteiger partial charge in [0, 0.05) is 10.2 Å². The van der Waals surface area contributed by atoms with Gasteiger partial charge in [0.25, 0.3) is 0 Å². The lowest BCUT2D eigenvalue weighted by atomic mass is 10.1. The van der Waals surface area contributed by atoms with E-state index < -0.39 is 0 Å². The molecule has 0 aliphatic rings. The fraction of sp³-hybridized carbons (Fsp3) is 0.300. The molecule has 0 atom stereocenters. The Morgan fingerprint density at radius 3 is 2.36 bits per heavy atom. The maximum Gasteiger partial charge on any atom is 0.234 e. The van der Waals surface area contributed by atoms with Crippen LogP contribution in [0.5, 0.6) is 0 Å². The predicted octanol–water partition coefficient (Wildman–Crippen LogP) is 2.93. The second-order valence-corrected chi connectivity index (χ2v) is 4.35. The van der Waals surface area contributed by atoms with Crippen LogP contribution in [0, 0.1) is 13.8 Å². The molecular formula is C10H12BrNOS. The Hall–Kier alpha value is -0.480. The molecule has 76 valence electrons. The van der Waals surface area contributed by atoms with E-state index in [9.17, 15) is 4.79 Å². The number of carbonyl (C=O) groups is 1. The van der Waals surface area contributed by atoms with E-state index in [1.807, 2.05) is 26.0 Å². The van der Waals surface area contributed by atoms with Crippen LogP contribution in [0.25, 0.3) is 0 Å². The number of thiol groups is 1. The Bertz CT molecular complexity index is 342. The molecule has 0 radical (unpaired) electrons. The van der Waals surface area contributed by atoms with Crippen molar-refractivity contribution in [2.75, 3.05) is 11.1 Å². The van der Waals surface area contributed by atoms with Gasteiger partial charge in [0.1, 0.15) is 0 Å². The normalized spacial score (nSPS) is 10.0. The molecule has 0 aliphatic heterocycles. The second-order valence-electron chi connectivity index (χ2n) is 3.12. The van der Waals surface area contributed by atoms with Crippen LogP contribution in [0.3, 0.4) is 0 Å². The molecule has 1 rings (SSSR count). The fourth-order valence-electron chi connectivity index (χ4n) is 1.29. The van der Waals surface area contributed by atoms with Gasteiger partial charge < -0.3 is 5.32 Å². The number of benzene rings is 1. The molecule has 14 heavy (non-hydrogen) atoms. The lowest BCUT2D eigenvalue weighted by Crippen LogP contribution is -2.14. The van der Waals surface area contributed by atoms with Crippen LogP contribution in [0.15, 0.2) is 16.6 Å². The number of nitrogens with one attached hydrogen (secondary N) is 1. The second kappa shape index (κ2) is 4.84. The van der Waals surface area contributed by atoms with Crippen LogP contribution in [0.4, 0.5) is 5.69 Å². The van der Waals surface area contributed by atoms with E-state index in [2.05, 4.69) is 33.9 Å². The quantitative estimate of drug-likeness (QED) is 0.798. The molecule has 4 heteroatoms. The summed E-state index contributed by atoms with van der Waals surface area (Å²) in [7, 11) is 0. The lowest BCUT2D eigenvalue weighted by Gasteiger charge is -2.11. The Balaban J connectivity index is 3.02. The summed E-state index contributed by atoms with van der Waals surface area (Å²) in [5, 5.41) is 2.82. The third kappa shape index (κ3) is 2.75. The number of hydrogen-bond donors (Lipinski definition) is 2. The van der Waals surface area contributed by atoms with Gasteiger partial charge in [-0.3, -0.25) is 4.79 Å². The Kier molecular flexibility index (Phi) is 4.01. The molecule has 1 aromatic rings. The smallest absolute Gasteiger partial charge is 0.234 e. The fourth-order valence-corrected chi connectivity index (χ4v) is 2.05. The van der Waals surface area contributed by atoms with Crippen LogP contribution in [0.1, 0.15) is 11.1 Å². The molecule has 2 nitrogen and oxygen atoms in total. The van der Waals surface area contributed by atoms with Crippen LogP contribution < -0.4 is 5.32 Å². The Morgan fingerprint density at radius 2 is 1.93 bits per heavy atom. The third-order valence-corrected chi connectivity index (χ3v) is 2.65. The SMILES string of the molecule is Cc1cc(Br)cc(C)c1NC(=O)CS. The number of aryl methyl sites for hydroxylation is 2. The van der Waals surface area contributed by atoms with Gasteiger partial charge in [-0.05, 0) is 37.1 Å². The van der Waals surface area contributed by atoms with Gasteiger partial charge in [-0.1, -0.05) is 15.9 Å². The van der Waals surface area contributed by atoms with Crippen LogP contribution >= 0.6 is 28.6 Å². The summed E-state index contributed by atoms with van der Waals surface area (Å²) < 4.78 is 1.02. The molecule has 0 aromatic heterocycles. The van der Waals surface area contributed by atoms with Gasteiger partial charge in [0.2, 0.25) is 5.91 Å². The first-order valence-corrected chi connectivity index (χ1v) is 5.64. The molecule has 0 unspecified atom stereocenters. The molecule has 0 saturated heterocycles. The highest BCUT2D eigenvalue weighted by atomic mass is 79.9. The van der Waals surface area contributed by atoms with Crippen molar-refractivity contribution in [3.05, 3.63) is 27.7 Å². The van der Waals surface area contributed by atoms with Gasteiger partial charge >= 0.3 is 0 Å². The predicted molar refractivity (Wildman–Crippen MR) is 66.1 cm³/mol. The van der Waals surface area contributed by atoms with Gasteiger partial charge in [-0.25, -0.2) is 0 Å². The standard InChI is InChI=1S/C10H12BrNOS/c1-6-3-8(11)4-7(2)10(6)12-9(13)5-14/h3-4,14H,5H2,1-2H3,(H,12,13). The number of rotatable bonds is 2. The summed E-state index contributed by atoms with van der Waals surface area (Å²) in [4.78, 5) is 11.2. The number of amides is 1. The van der Waals surface area contributed by atoms with E-state index >= 15 is 0 Å². The van der Waals surface area contributed by atoms with Crippen molar-refractivity contribution >= 4 is 40.2 Å². The summed E-state index contributed by atoms with van der Waals surface area (Å²) in [6.07, 6.45) is 0. The van der Waals surface area contributed by atoms with Crippen LogP contribution in [-0.4, -0.2) is 11.7 Å². The molecular weight excluding hydrogens is 262 g/mol. The minimum Gasteiger partial charge on any atom is -0.325 e. The number of carbonyl (C=O) groups excluding carboxylic acids is 1. The Labute approximate surface area is 97.6 Å². The molecule has 1 amide bonds. The van der Waals surface area contributed by atoms with Crippen molar-refractivity contribution in [1.82, 2.24) is 0 Å². The van der Waals surface area contributed by atoms with Crippen molar-refractivity contribution < 1.29 is 4.79 Å². The van der Waals surface area contributed by atoms with E-state index in [1.54, 1.807) is 0 Å². The summed E-state index contributed by atoms with van der Waals surface area (Å²) in [5.74, 6) is 0.122. The van der Waals surface area contributed by atoms with E-state index in [0.29, 0.717) is 0 Å². The van der Waals surface area contributed by atoms with E-state index in [-0.39, 0.29) is 11.7 Å².